The highest BCUT2D eigenvalue weighted by molar-refractivity contribution is 6.11. The molecule has 2 aromatic rings. The monoisotopic (exact) mass is 332 g/mol. The molecule has 0 saturated carbocycles. The van der Waals surface area contributed by atoms with Crippen LogP contribution in [-0.4, -0.2) is 43.0 Å². The van der Waals surface area contributed by atoms with Gasteiger partial charge in [0.25, 0.3) is 5.91 Å². The summed E-state index contributed by atoms with van der Waals surface area (Å²) in [5.74, 6) is 0.513. The fourth-order valence-corrected chi connectivity index (χ4v) is 2.70. The van der Waals surface area contributed by atoms with Crippen molar-refractivity contribution < 1.29 is 4.79 Å². The summed E-state index contributed by atoms with van der Waals surface area (Å²) >= 11 is 0. The number of halogens is 1. The zero-order valence-corrected chi connectivity index (χ0v) is 14.1. The maximum atomic E-state index is 12.4. The molecule has 1 amide bonds. The van der Waals surface area contributed by atoms with Crippen molar-refractivity contribution in [3.05, 3.63) is 48.2 Å². The number of nitrogens with one attached hydrogen (secondary N) is 1. The van der Waals surface area contributed by atoms with Crippen LogP contribution in [0.3, 0.4) is 0 Å². The molecule has 0 atom stereocenters. The molecule has 0 radical (unpaired) electrons. The maximum Gasteiger partial charge on any atom is 0.258 e. The number of carbonyl (C=O) groups excluding carboxylic acids is 1. The van der Waals surface area contributed by atoms with E-state index in [0.717, 1.165) is 30.9 Å². The largest absolute Gasteiger partial charge is 0.338 e. The molecule has 1 aliphatic heterocycles. The summed E-state index contributed by atoms with van der Waals surface area (Å²) in [5.41, 5.74) is 2.57. The van der Waals surface area contributed by atoms with Crippen LogP contribution in [0.5, 0.6) is 0 Å². The average molecular weight is 333 g/mol. The summed E-state index contributed by atoms with van der Waals surface area (Å²) in [4.78, 5) is 21.1. The van der Waals surface area contributed by atoms with E-state index in [2.05, 4.69) is 34.2 Å². The van der Waals surface area contributed by atoms with Crippen LogP contribution in [-0.2, 0) is 0 Å². The van der Waals surface area contributed by atoms with E-state index in [1.165, 1.54) is 0 Å². The highest BCUT2D eigenvalue weighted by Crippen LogP contribution is 2.36. The number of nitrogens with zero attached hydrogens (tertiary/aromatic N) is 3. The summed E-state index contributed by atoms with van der Waals surface area (Å²) in [5, 5.41) is 2.91. The fraction of sp³-hybridized carbons (Fsp3) is 0.294. The topological polar surface area (TPSA) is 48.5 Å². The Labute approximate surface area is 142 Å². The van der Waals surface area contributed by atoms with Gasteiger partial charge in [0.2, 0.25) is 0 Å². The van der Waals surface area contributed by atoms with E-state index in [4.69, 9.17) is 0 Å². The Kier molecular flexibility index (Phi) is 5.58. The molecular formula is C17H21ClN4O. The predicted octanol–water partition coefficient (Wildman–Crippen LogP) is 3.16. The third-order valence-electron chi connectivity index (χ3n) is 3.74. The van der Waals surface area contributed by atoms with E-state index in [0.29, 0.717) is 11.4 Å². The number of amides is 1. The van der Waals surface area contributed by atoms with Crippen LogP contribution >= 0.6 is 12.4 Å². The fourth-order valence-electron chi connectivity index (χ4n) is 2.70. The maximum absolute atomic E-state index is 12.4. The minimum Gasteiger partial charge on any atom is -0.338 e. The van der Waals surface area contributed by atoms with Crippen molar-refractivity contribution in [3.8, 4) is 0 Å². The Morgan fingerprint density at radius 2 is 1.87 bits per heavy atom. The lowest BCUT2D eigenvalue weighted by molar-refractivity contribution is 0.102. The zero-order valence-electron chi connectivity index (χ0n) is 13.3. The highest BCUT2D eigenvalue weighted by atomic mass is 35.5. The molecular weight excluding hydrogens is 312 g/mol. The van der Waals surface area contributed by atoms with E-state index in [1.54, 1.807) is 6.20 Å². The van der Waals surface area contributed by atoms with Crippen molar-refractivity contribution in [2.45, 2.75) is 6.42 Å². The summed E-state index contributed by atoms with van der Waals surface area (Å²) in [7, 11) is 4.13. The normalized spacial score (nSPS) is 12.8. The van der Waals surface area contributed by atoms with Crippen LogP contribution in [0.1, 0.15) is 16.8 Å². The van der Waals surface area contributed by atoms with Gasteiger partial charge in [-0.15, -0.1) is 12.4 Å². The van der Waals surface area contributed by atoms with Crippen LogP contribution in [0.25, 0.3) is 0 Å². The zero-order chi connectivity index (χ0) is 15.5. The van der Waals surface area contributed by atoms with Crippen molar-refractivity contribution in [2.75, 3.05) is 37.4 Å². The summed E-state index contributed by atoms with van der Waals surface area (Å²) in [6.07, 6.45) is 2.71. The molecule has 0 unspecified atom stereocenters. The lowest BCUT2D eigenvalue weighted by atomic mass is 10.1. The number of para-hydroxylation sites is 1. The quantitative estimate of drug-likeness (QED) is 0.934. The van der Waals surface area contributed by atoms with Gasteiger partial charge in [-0.2, -0.15) is 0 Å². The Morgan fingerprint density at radius 3 is 2.65 bits per heavy atom. The van der Waals surface area contributed by atoms with E-state index in [9.17, 15) is 4.79 Å². The molecule has 122 valence electrons. The predicted molar refractivity (Wildman–Crippen MR) is 96.1 cm³/mol. The smallest absolute Gasteiger partial charge is 0.258 e. The first kappa shape index (κ1) is 17.2. The standard InChI is InChI=1S/C17H20N4O.ClH/c1-20(2)11-6-12-21-14-8-4-3-7-13(14)17(22)19-16-15(21)9-5-10-18-16;/h3-5,7-10H,6,11-12H2,1-2H3,(H,18,19,22);1H. The van der Waals surface area contributed by atoms with E-state index in [-0.39, 0.29) is 18.3 Å². The van der Waals surface area contributed by atoms with Gasteiger partial charge in [0.05, 0.1) is 16.9 Å². The van der Waals surface area contributed by atoms with Crippen LogP contribution in [0.4, 0.5) is 17.2 Å². The second kappa shape index (κ2) is 7.44. The first-order valence-electron chi connectivity index (χ1n) is 7.44. The molecule has 2 heterocycles. The van der Waals surface area contributed by atoms with Crippen molar-refractivity contribution in [1.82, 2.24) is 9.88 Å². The second-order valence-electron chi connectivity index (χ2n) is 5.65. The molecule has 1 aromatic heterocycles. The number of benzene rings is 1. The molecule has 0 saturated heterocycles. The number of carbonyl (C=O) groups is 1. The number of rotatable bonds is 4. The first-order valence-corrected chi connectivity index (χ1v) is 7.44. The Hall–Kier alpha value is -2.11. The Bertz CT molecular complexity index is 690. The van der Waals surface area contributed by atoms with Crippen LogP contribution in [0.15, 0.2) is 42.6 Å². The minimum absolute atomic E-state index is 0. The van der Waals surface area contributed by atoms with Gasteiger partial charge in [0.1, 0.15) is 0 Å². The molecule has 0 aliphatic carbocycles. The van der Waals surface area contributed by atoms with Gasteiger partial charge in [-0.1, -0.05) is 12.1 Å². The second-order valence-corrected chi connectivity index (χ2v) is 5.65. The van der Waals surface area contributed by atoms with Gasteiger partial charge in [-0.25, -0.2) is 4.98 Å². The number of anilines is 3. The van der Waals surface area contributed by atoms with Crippen LogP contribution < -0.4 is 10.2 Å². The summed E-state index contributed by atoms with van der Waals surface area (Å²) in [6.45, 7) is 1.83. The number of hydrogen-bond acceptors (Lipinski definition) is 4. The van der Waals surface area contributed by atoms with Crippen LogP contribution in [0, 0.1) is 0 Å². The average Bonchev–Trinajstić information content (AvgIpc) is 2.63. The van der Waals surface area contributed by atoms with Gasteiger partial charge in [0.15, 0.2) is 5.82 Å². The number of pyridine rings is 1. The lowest BCUT2D eigenvalue weighted by Gasteiger charge is -2.26. The van der Waals surface area contributed by atoms with Crippen molar-refractivity contribution in [2.24, 2.45) is 0 Å². The molecule has 3 rings (SSSR count). The summed E-state index contributed by atoms with van der Waals surface area (Å²) in [6, 6.07) is 11.6. The van der Waals surface area contributed by atoms with Gasteiger partial charge in [0, 0.05) is 12.7 Å². The van der Waals surface area contributed by atoms with E-state index in [1.807, 2.05) is 36.4 Å². The first-order chi connectivity index (χ1) is 10.7. The molecule has 1 aromatic carbocycles. The lowest BCUT2D eigenvalue weighted by Crippen LogP contribution is -2.23. The van der Waals surface area contributed by atoms with Crippen molar-refractivity contribution in [3.63, 3.8) is 0 Å². The highest BCUT2D eigenvalue weighted by Gasteiger charge is 2.25. The van der Waals surface area contributed by atoms with Crippen molar-refractivity contribution in [1.29, 1.82) is 0 Å². The molecule has 0 fully saturated rings. The Morgan fingerprint density at radius 1 is 1.13 bits per heavy atom. The summed E-state index contributed by atoms with van der Waals surface area (Å²) < 4.78 is 0. The minimum atomic E-state index is -0.106. The molecule has 23 heavy (non-hydrogen) atoms. The number of aromatic nitrogens is 1. The molecule has 6 heteroatoms. The number of hydrogen-bond donors (Lipinski definition) is 1. The SMILES string of the molecule is CN(C)CCCN1c2ccccc2C(=O)Nc2ncccc21.Cl. The van der Waals surface area contributed by atoms with Gasteiger partial charge in [-0.05, 0) is 51.3 Å². The van der Waals surface area contributed by atoms with Crippen LogP contribution in [0.2, 0.25) is 0 Å². The Balaban J connectivity index is 0.00000192. The molecule has 0 spiro atoms. The number of fused-ring (bicyclic) bond motifs is 2. The van der Waals surface area contributed by atoms with E-state index < -0.39 is 0 Å². The van der Waals surface area contributed by atoms with Gasteiger partial charge >= 0.3 is 0 Å². The van der Waals surface area contributed by atoms with Crippen molar-refractivity contribution >= 4 is 35.5 Å². The van der Waals surface area contributed by atoms with E-state index >= 15 is 0 Å². The molecule has 0 bridgehead atoms. The third-order valence-corrected chi connectivity index (χ3v) is 3.74. The molecule has 5 nitrogen and oxygen atoms in total. The van der Waals surface area contributed by atoms with Gasteiger partial charge < -0.3 is 15.1 Å². The third kappa shape index (κ3) is 3.63. The molecule has 1 N–H and O–H groups in total. The molecule has 1 aliphatic rings. The van der Waals surface area contributed by atoms with Gasteiger partial charge in [-0.3, -0.25) is 4.79 Å².